The van der Waals surface area contributed by atoms with Gasteiger partial charge in [0.2, 0.25) is 5.91 Å². The van der Waals surface area contributed by atoms with Gasteiger partial charge in [0.05, 0.1) is 25.4 Å². The van der Waals surface area contributed by atoms with Gasteiger partial charge in [-0.1, -0.05) is 0 Å². The van der Waals surface area contributed by atoms with E-state index in [2.05, 4.69) is 10.2 Å². The number of nitrogens with two attached hydrogens (primary N) is 1. The van der Waals surface area contributed by atoms with Gasteiger partial charge in [0.25, 0.3) is 0 Å². The van der Waals surface area contributed by atoms with Gasteiger partial charge in [-0.2, -0.15) is 0 Å². The highest BCUT2D eigenvalue weighted by atomic mass is 16.5. The Labute approximate surface area is 109 Å². The van der Waals surface area contributed by atoms with Crippen LogP contribution in [0.5, 0.6) is 0 Å². The molecule has 0 bridgehead atoms. The third kappa shape index (κ3) is 4.53. The van der Waals surface area contributed by atoms with Crippen molar-refractivity contribution in [2.45, 2.75) is 32.0 Å². The minimum atomic E-state index is -0.160. The van der Waals surface area contributed by atoms with E-state index in [9.17, 15) is 4.79 Å². The summed E-state index contributed by atoms with van der Waals surface area (Å²) < 4.78 is 10.5. The molecule has 1 fully saturated rings. The van der Waals surface area contributed by atoms with Gasteiger partial charge in [0, 0.05) is 32.8 Å². The smallest absolute Gasteiger partial charge is 0.237 e. The fourth-order valence-corrected chi connectivity index (χ4v) is 1.96. The van der Waals surface area contributed by atoms with Crippen LogP contribution in [0.4, 0.5) is 0 Å². The third-order valence-electron chi connectivity index (χ3n) is 3.24. The predicted molar refractivity (Wildman–Crippen MR) is 69.3 cm³/mol. The van der Waals surface area contributed by atoms with Crippen LogP contribution in [-0.2, 0) is 14.3 Å². The highest BCUT2D eigenvalue weighted by Gasteiger charge is 2.29. The monoisotopic (exact) mass is 259 g/mol. The van der Waals surface area contributed by atoms with E-state index in [0.29, 0.717) is 26.3 Å². The van der Waals surface area contributed by atoms with Crippen molar-refractivity contribution in [1.29, 1.82) is 0 Å². The number of amides is 1. The zero-order valence-electron chi connectivity index (χ0n) is 11.5. The van der Waals surface area contributed by atoms with Crippen molar-refractivity contribution in [2.75, 3.05) is 40.0 Å². The van der Waals surface area contributed by atoms with E-state index >= 15 is 0 Å². The molecule has 1 heterocycles. The highest BCUT2D eigenvalue weighted by Crippen LogP contribution is 2.11. The standard InChI is InChI=1S/C12H25N3O3/c1-9(13)11-8-15(5-7-18-11)10(2)12(16)14-4-6-17-3/h9-11H,4-8,13H2,1-3H3,(H,14,16). The summed E-state index contributed by atoms with van der Waals surface area (Å²) in [4.78, 5) is 14.0. The average molecular weight is 259 g/mol. The number of morpholine rings is 1. The van der Waals surface area contributed by atoms with Gasteiger partial charge in [-0.05, 0) is 13.8 Å². The van der Waals surface area contributed by atoms with E-state index in [1.807, 2.05) is 13.8 Å². The van der Waals surface area contributed by atoms with Crippen molar-refractivity contribution in [3.8, 4) is 0 Å². The van der Waals surface area contributed by atoms with Gasteiger partial charge < -0.3 is 20.5 Å². The number of carbonyl (C=O) groups is 1. The average Bonchev–Trinajstić information content (AvgIpc) is 2.38. The first-order valence-electron chi connectivity index (χ1n) is 6.44. The van der Waals surface area contributed by atoms with Crippen molar-refractivity contribution in [1.82, 2.24) is 10.2 Å². The molecule has 0 radical (unpaired) electrons. The molecule has 0 spiro atoms. The molecule has 1 saturated heterocycles. The number of carbonyl (C=O) groups excluding carboxylic acids is 1. The first-order chi connectivity index (χ1) is 8.56. The Morgan fingerprint density at radius 2 is 2.33 bits per heavy atom. The maximum atomic E-state index is 11.9. The number of rotatable bonds is 6. The molecule has 1 aliphatic heterocycles. The van der Waals surface area contributed by atoms with Crippen molar-refractivity contribution in [3.05, 3.63) is 0 Å². The molecule has 3 N–H and O–H groups in total. The lowest BCUT2D eigenvalue weighted by Crippen LogP contribution is -2.55. The van der Waals surface area contributed by atoms with Crippen LogP contribution in [0.1, 0.15) is 13.8 Å². The largest absolute Gasteiger partial charge is 0.383 e. The first kappa shape index (κ1) is 15.4. The topological polar surface area (TPSA) is 76.8 Å². The number of hydrogen-bond donors (Lipinski definition) is 2. The Hall–Kier alpha value is -0.690. The molecule has 6 nitrogen and oxygen atoms in total. The minimum Gasteiger partial charge on any atom is -0.383 e. The summed E-state index contributed by atoms with van der Waals surface area (Å²) in [6.07, 6.45) is 0.00738. The number of nitrogens with zero attached hydrogens (tertiary/aromatic N) is 1. The molecule has 3 atom stereocenters. The minimum absolute atomic E-state index is 0.00738. The summed E-state index contributed by atoms with van der Waals surface area (Å²) in [5, 5.41) is 2.85. The Kier molecular flexibility index (Phi) is 6.56. The predicted octanol–water partition coefficient (Wildman–Crippen LogP) is -0.814. The molecule has 0 aliphatic carbocycles. The molecule has 1 amide bonds. The third-order valence-corrected chi connectivity index (χ3v) is 3.24. The fourth-order valence-electron chi connectivity index (χ4n) is 1.96. The van der Waals surface area contributed by atoms with Crippen LogP contribution in [-0.4, -0.2) is 69.0 Å². The van der Waals surface area contributed by atoms with Crippen LogP contribution >= 0.6 is 0 Å². The second kappa shape index (κ2) is 7.68. The summed E-state index contributed by atoms with van der Waals surface area (Å²) >= 11 is 0. The van der Waals surface area contributed by atoms with Crippen LogP contribution in [0, 0.1) is 0 Å². The van der Waals surface area contributed by atoms with Crippen LogP contribution in [0.15, 0.2) is 0 Å². The molecule has 106 valence electrons. The summed E-state index contributed by atoms with van der Waals surface area (Å²) in [5.41, 5.74) is 5.84. The fraction of sp³-hybridized carbons (Fsp3) is 0.917. The molecule has 3 unspecified atom stereocenters. The van der Waals surface area contributed by atoms with E-state index < -0.39 is 0 Å². The molecule has 0 aromatic rings. The molecule has 1 rings (SSSR count). The van der Waals surface area contributed by atoms with Crippen molar-refractivity contribution in [3.63, 3.8) is 0 Å². The van der Waals surface area contributed by atoms with E-state index in [4.69, 9.17) is 15.2 Å². The molecule has 1 aliphatic rings. The second-order valence-corrected chi connectivity index (χ2v) is 4.72. The number of hydrogen-bond acceptors (Lipinski definition) is 5. The van der Waals surface area contributed by atoms with Gasteiger partial charge in [-0.25, -0.2) is 0 Å². The van der Waals surface area contributed by atoms with Gasteiger partial charge in [0.1, 0.15) is 0 Å². The summed E-state index contributed by atoms with van der Waals surface area (Å²) in [5.74, 6) is 0.0253. The van der Waals surface area contributed by atoms with E-state index in [0.717, 1.165) is 6.54 Å². The van der Waals surface area contributed by atoms with E-state index in [1.165, 1.54) is 0 Å². The number of nitrogens with one attached hydrogen (secondary N) is 1. The SMILES string of the molecule is COCCNC(=O)C(C)N1CCOC(C(C)N)C1. The van der Waals surface area contributed by atoms with Crippen LogP contribution in [0.3, 0.4) is 0 Å². The van der Waals surface area contributed by atoms with E-state index in [-0.39, 0.29) is 24.1 Å². The zero-order chi connectivity index (χ0) is 13.5. The molecular weight excluding hydrogens is 234 g/mol. The quantitative estimate of drug-likeness (QED) is 0.610. The summed E-state index contributed by atoms with van der Waals surface area (Å²) in [6, 6.07) is -0.177. The second-order valence-electron chi connectivity index (χ2n) is 4.72. The zero-order valence-corrected chi connectivity index (χ0v) is 11.5. The Morgan fingerprint density at radius 3 is 2.94 bits per heavy atom. The van der Waals surface area contributed by atoms with Gasteiger partial charge in [-0.15, -0.1) is 0 Å². The van der Waals surface area contributed by atoms with Crippen molar-refractivity contribution >= 4 is 5.91 Å². The Balaban J connectivity index is 2.40. The molecule has 0 saturated carbocycles. The van der Waals surface area contributed by atoms with Crippen LogP contribution < -0.4 is 11.1 Å². The lowest BCUT2D eigenvalue weighted by Gasteiger charge is -2.37. The first-order valence-corrected chi connectivity index (χ1v) is 6.44. The number of ether oxygens (including phenoxy) is 2. The lowest BCUT2D eigenvalue weighted by atomic mass is 10.1. The van der Waals surface area contributed by atoms with Crippen molar-refractivity contribution in [2.24, 2.45) is 5.73 Å². The summed E-state index contributed by atoms with van der Waals surface area (Å²) in [7, 11) is 1.62. The van der Waals surface area contributed by atoms with Gasteiger partial charge in [-0.3, -0.25) is 9.69 Å². The Morgan fingerprint density at radius 1 is 1.61 bits per heavy atom. The highest BCUT2D eigenvalue weighted by molar-refractivity contribution is 5.81. The normalized spacial score (nSPS) is 24.6. The van der Waals surface area contributed by atoms with Crippen LogP contribution in [0.2, 0.25) is 0 Å². The van der Waals surface area contributed by atoms with Crippen molar-refractivity contribution < 1.29 is 14.3 Å². The number of methoxy groups -OCH3 is 1. The van der Waals surface area contributed by atoms with Gasteiger partial charge >= 0.3 is 0 Å². The molecular formula is C12H25N3O3. The molecule has 6 heteroatoms. The van der Waals surface area contributed by atoms with E-state index in [1.54, 1.807) is 7.11 Å². The summed E-state index contributed by atoms with van der Waals surface area (Å²) in [6.45, 7) is 7.01. The van der Waals surface area contributed by atoms with Crippen LogP contribution in [0.25, 0.3) is 0 Å². The maximum absolute atomic E-state index is 11.9. The Bertz CT molecular complexity index is 261. The van der Waals surface area contributed by atoms with Gasteiger partial charge in [0.15, 0.2) is 0 Å². The molecule has 18 heavy (non-hydrogen) atoms. The molecule has 0 aromatic heterocycles. The maximum Gasteiger partial charge on any atom is 0.237 e. The molecule has 0 aromatic carbocycles. The lowest BCUT2D eigenvalue weighted by molar-refractivity contribution is -0.129.